The van der Waals surface area contributed by atoms with Gasteiger partial charge < -0.3 is 25.0 Å². The van der Waals surface area contributed by atoms with Crippen LogP contribution in [-0.4, -0.2) is 66.3 Å². The number of hydrogen-bond donors (Lipinski definition) is 3. The summed E-state index contributed by atoms with van der Waals surface area (Å²) in [4.78, 5) is 50.8. The molecule has 1 amide bonds. The molecule has 49 heavy (non-hydrogen) atoms. The lowest BCUT2D eigenvalue weighted by atomic mass is 9.83. The first-order chi connectivity index (χ1) is 23.6. The number of allylic oxidation sites excluding steroid dienone is 1. The number of amides is 1. The maximum Gasteiger partial charge on any atom is 0.336 e. The van der Waals surface area contributed by atoms with Crippen molar-refractivity contribution in [2.75, 3.05) is 20.8 Å². The van der Waals surface area contributed by atoms with Gasteiger partial charge in [0.05, 0.1) is 13.0 Å². The second-order valence-corrected chi connectivity index (χ2v) is 12.5. The summed E-state index contributed by atoms with van der Waals surface area (Å²) in [6.07, 6.45) is 13.4. The Labute approximate surface area is 290 Å². The maximum atomic E-state index is 14.3. The monoisotopic (exact) mass is 683 g/mol. The minimum atomic E-state index is -2.50. The van der Waals surface area contributed by atoms with Gasteiger partial charge in [-0.3, -0.25) is 9.59 Å². The summed E-state index contributed by atoms with van der Waals surface area (Å²) < 4.78 is 24.2. The third kappa shape index (κ3) is 14.2. The summed E-state index contributed by atoms with van der Waals surface area (Å²) >= 11 is 0. The number of carbonyl (C=O) groups excluding carboxylic acids is 3. The van der Waals surface area contributed by atoms with Gasteiger partial charge in [0.25, 0.3) is 0 Å². The molecule has 0 radical (unpaired) electrons. The average molecular weight is 684 g/mol. The Bertz CT molecular complexity index is 1340. The highest BCUT2D eigenvalue weighted by Gasteiger charge is 2.47. The number of carbonyl (C=O) groups is 4. The third-order valence-electron chi connectivity index (χ3n) is 8.70. The zero-order valence-corrected chi connectivity index (χ0v) is 29.3. The predicted molar refractivity (Wildman–Crippen MR) is 187 cm³/mol. The minimum absolute atomic E-state index is 0.0112. The smallest absolute Gasteiger partial charge is 0.336 e. The number of halogens is 1. The number of aliphatic carboxylic acids is 1. The lowest BCUT2D eigenvalue weighted by molar-refractivity contribution is -0.169. The third-order valence-corrected chi connectivity index (χ3v) is 8.70. The second kappa shape index (κ2) is 22.7. The van der Waals surface area contributed by atoms with Crippen LogP contribution in [-0.2, 0) is 35.1 Å². The van der Waals surface area contributed by atoms with Gasteiger partial charge in [-0.05, 0) is 42.9 Å². The van der Waals surface area contributed by atoms with Crippen molar-refractivity contribution in [2.24, 2.45) is 5.92 Å². The van der Waals surface area contributed by atoms with Gasteiger partial charge in [0.15, 0.2) is 5.60 Å². The van der Waals surface area contributed by atoms with Crippen LogP contribution in [0.2, 0.25) is 0 Å². The Hall–Kier alpha value is -3.89. The number of carboxylic acid groups (broad SMARTS) is 1. The quantitative estimate of drug-likeness (QED) is 0.0579. The maximum absolute atomic E-state index is 14.3. The highest BCUT2D eigenvalue weighted by Crippen LogP contribution is 2.27. The van der Waals surface area contributed by atoms with Crippen LogP contribution >= 0.6 is 0 Å². The van der Waals surface area contributed by atoms with E-state index in [0.717, 1.165) is 38.5 Å². The van der Waals surface area contributed by atoms with E-state index < -0.39 is 35.4 Å². The van der Waals surface area contributed by atoms with Crippen LogP contribution in [0.4, 0.5) is 4.39 Å². The molecule has 0 aliphatic heterocycles. The van der Waals surface area contributed by atoms with E-state index in [-0.39, 0.29) is 25.3 Å². The first-order valence-corrected chi connectivity index (χ1v) is 17.4. The van der Waals surface area contributed by atoms with Crippen molar-refractivity contribution < 1.29 is 43.3 Å². The number of Topliss-reactive ketones (excluding diaryl/α,β-unsaturated/α-hetero) is 1. The number of ketones is 1. The van der Waals surface area contributed by atoms with E-state index in [1.807, 2.05) is 0 Å². The minimum Gasteiger partial charge on any atom is -0.479 e. The van der Waals surface area contributed by atoms with E-state index in [4.69, 9.17) is 9.47 Å². The standard InChI is InChI=1S/C39H54FNO8/c1-4-5-6-9-12-17-31(42)18-13-10-7-8-11-14-20-33(39(47,38(45)46)26-27-48-2)36(43)41-35(37(44)49-3)28-29-22-24-30(25-23-29)32-19-15-16-21-34(32)40/h14-16,19-25,33,35,47H,4-13,17-18,26-28H2,1-3H3,(H,41,43)(H,45,46)/t33-,35+,39+/m1/s1. The molecule has 0 aliphatic carbocycles. The second-order valence-electron chi connectivity index (χ2n) is 12.5. The topological polar surface area (TPSA) is 139 Å². The Morgan fingerprint density at radius 3 is 2.12 bits per heavy atom. The summed E-state index contributed by atoms with van der Waals surface area (Å²) in [6.45, 7) is 2.05. The van der Waals surface area contributed by atoms with Crippen LogP contribution < -0.4 is 5.32 Å². The van der Waals surface area contributed by atoms with Gasteiger partial charge in [-0.25, -0.2) is 14.0 Å². The predicted octanol–water partition coefficient (Wildman–Crippen LogP) is 6.99. The molecule has 2 aromatic carbocycles. The summed E-state index contributed by atoms with van der Waals surface area (Å²) in [7, 11) is 2.54. The fourth-order valence-corrected chi connectivity index (χ4v) is 5.69. The molecule has 0 aromatic heterocycles. The molecule has 0 spiro atoms. The van der Waals surface area contributed by atoms with E-state index in [0.29, 0.717) is 41.7 Å². The molecule has 3 N–H and O–H groups in total. The van der Waals surface area contributed by atoms with Crippen molar-refractivity contribution in [1.29, 1.82) is 0 Å². The normalized spacial score (nSPS) is 13.8. The first kappa shape index (κ1) is 41.3. The number of ether oxygens (including phenoxy) is 2. The van der Waals surface area contributed by atoms with Gasteiger partial charge in [-0.1, -0.05) is 100 Å². The van der Waals surface area contributed by atoms with Crippen molar-refractivity contribution in [1.82, 2.24) is 5.32 Å². The number of esters is 1. The van der Waals surface area contributed by atoms with Crippen molar-refractivity contribution in [3.63, 3.8) is 0 Å². The highest BCUT2D eigenvalue weighted by molar-refractivity contribution is 5.92. The van der Waals surface area contributed by atoms with Crippen molar-refractivity contribution in [3.05, 3.63) is 72.1 Å². The highest BCUT2D eigenvalue weighted by atomic mass is 19.1. The molecular weight excluding hydrogens is 629 g/mol. The Morgan fingerprint density at radius 1 is 0.898 bits per heavy atom. The lowest BCUT2D eigenvalue weighted by Crippen LogP contribution is -2.55. The van der Waals surface area contributed by atoms with E-state index in [2.05, 4.69) is 12.2 Å². The number of nitrogens with one attached hydrogen (secondary N) is 1. The van der Waals surface area contributed by atoms with Gasteiger partial charge in [-0.15, -0.1) is 0 Å². The summed E-state index contributed by atoms with van der Waals surface area (Å²) in [5.41, 5.74) is -0.805. The summed E-state index contributed by atoms with van der Waals surface area (Å²) in [5, 5.41) is 23.9. The number of aliphatic hydroxyl groups is 1. The van der Waals surface area contributed by atoms with Crippen LogP contribution in [0.1, 0.15) is 96.0 Å². The molecule has 0 aliphatic rings. The first-order valence-electron chi connectivity index (χ1n) is 17.4. The summed E-state index contributed by atoms with van der Waals surface area (Å²) in [5.74, 6) is -4.81. The molecule has 0 saturated heterocycles. The number of carboxylic acids is 1. The van der Waals surface area contributed by atoms with Crippen LogP contribution in [0.3, 0.4) is 0 Å². The SMILES string of the molecule is CCCCCCCC(=O)CCCCCCC=C[C@H](C(=O)N[C@@H](Cc1ccc(-c2ccccc2F)cc1)C(=O)OC)[C@@](O)(CCOC)C(=O)O. The fourth-order valence-electron chi connectivity index (χ4n) is 5.69. The van der Waals surface area contributed by atoms with Crippen LogP contribution in [0.5, 0.6) is 0 Å². The number of rotatable bonds is 25. The molecule has 0 unspecified atom stereocenters. The Morgan fingerprint density at radius 2 is 1.53 bits per heavy atom. The lowest BCUT2D eigenvalue weighted by Gasteiger charge is -2.30. The van der Waals surface area contributed by atoms with E-state index in [1.54, 1.807) is 48.5 Å². The van der Waals surface area contributed by atoms with Crippen molar-refractivity contribution >= 4 is 23.6 Å². The molecule has 3 atom stereocenters. The number of hydrogen-bond acceptors (Lipinski definition) is 7. The van der Waals surface area contributed by atoms with Crippen molar-refractivity contribution in [2.45, 2.75) is 108 Å². The average Bonchev–Trinajstić information content (AvgIpc) is 3.09. The Balaban J connectivity index is 2.06. The van der Waals surface area contributed by atoms with Gasteiger partial charge in [0.2, 0.25) is 5.91 Å². The van der Waals surface area contributed by atoms with Crippen molar-refractivity contribution in [3.8, 4) is 11.1 Å². The fraction of sp³-hybridized carbons (Fsp3) is 0.538. The molecule has 0 saturated carbocycles. The molecule has 0 fully saturated rings. The van der Waals surface area contributed by atoms with E-state index in [9.17, 15) is 33.8 Å². The van der Waals surface area contributed by atoms with Gasteiger partial charge in [0, 0.05) is 45.0 Å². The van der Waals surface area contributed by atoms with Gasteiger partial charge >= 0.3 is 11.9 Å². The largest absolute Gasteiger partial charge is 0.479 e. The molecule has 10 heteroatoms. The zero-order chi connectivity index (χ0) is 36.1. The van der Waals surface area contributed by atoms with Gasteiger partial charge in [-0.2, -0.15) is 0 Å². The van der Waals surface area contributed by atoms with Crippen LogP contribution in [0.15, 0.2) is 60.7 Å². The Kier molecular flexibility index (Phi) is 19.1. The molecule has 270 valence electrons. The van der Waals surface area contributed by atoms with Crippen LogP contribution in [0, 0.1) is 11.7 Å². The molecule has 9 nitrogen and oxygen atoms in total. The molecule has 0 heterocycles. The number of methoxy groups -OCH3 is 2. The number of unbranched alkanes of at least 4 members (excludes halogenated alkanes) is 8. The van der Waals surface area contributed by atoms with E-state index >= 15 is 0 Å². The molecule has 2 rings (SSSR count). The number of benzene rings is 2. The van der Waals surface area contributed by atoms with Crippen LogP contribution in [0.25, 0.3) is 11.1 Å². The van der Waals surface area contributed by atoms with Gasteiger partial charge in [0.1, 0.15) is 17.6 Å². The summed E-state index contributed by atoms with van der Waals surface area (Å²) in [6, 6.07) is 12.0. The molecular formula is C39H54FNO8. The molecule has 0 bridgehead atoms. The zero-order valence-electron chi connectivity index (χ0n) is 29.3. The molecule has 2 aromatic rings. The van der Waals surface area contributed by atoms with E-state index in [1.165, 1.54) is 45.6 Å².